The van der Waals surface area contributed by atoms with Gasteiger partial charge in [-0.3, -0.25) is 33.3 Å². The highest BCUT2D eigenvalue weighted by molar-refractivity contribution is 14.1. The standard InChI is InChI=1S/C19H30BIN2O8P2S.C18H28BIN2O10P2S.C9H18BO3PS.C9H18BO3P.C2H6O/c1-5-12-13(8-17(29-12)23-9-11(21)18(24)22-19(23)25)30-32(3)26-10-15-14(7-16(20)28-15)31-33(4,34)27-6-2;1-4-27-34(3,35)32-11-5-15(19)29-14(11)9-28-33(2,26)31-12-6-16(30-13(12)8-23)22-7-10(20)17(24)21-18(22)25;1-4-7-8(6-9(10)12-7)13-14(3,15)11-5-2;1-4-7-8(6-9(10)12-7)13-14(3)11-5-2;1-2-3/h9,12-17H,5-8,10H2,1-4H3,(H,22,24,25);7,11-16,23H,4-6,8-9H2,1-3H3,(H,21,24,25);7-9H,4-6H2,1-3H3;7-9H,4-6H2,1-3H3;3H,2H2,1H3. The molecule has 8 rings (SSSR count). The highest BCUT2D eigenvalue weighted by Crippen LogP contribution is 2.53. The normalized spacial score (nSPS) is 32.2. The fourth-order valence-electron chi connectivity index (χ4n) is 11.1. The second-order valence-corrected chi connectivity index (χ2v) is 42.7. The Kier molecular flexibility index (Phi) is 43.5. The quantitative estimate of drug-likeness (QED) is 0.0304. The molecule has 0 spiro atoms. The van der Waals surface area contributed by atoms with Crippen molar-refractivity contribution in [3.05, 3.63) is 61.2 Å². The maximum Gasteiger partial charge on any atom is 0.330 e. The molecule has 0 aliphatic carbocycles. The van der Waals surface area contributed by atoms with Crippen LogP contribution in [0.2, 0.25) is 0 Å². The van der Waals surface area contributed by atoms with Gasteiger partial charge in [0.05, 0.1) is 108 Å². The lowest BCUT2D eigenvalue weighted by Gasteiger charge is -2.26. The van der Waals surface area contributed by atoms with E-state index in [1.165, 1.54) is 28.2 Å². The maximum absolute atomic E-state index is 13.1. The number of aromatic nitrogens is 4. The number of H-pyrrole nitrogens is 2. The smallest absolute Gasteiger partial charge is 0.330 e. The van der Waals surface area contributed by atoms with Crippen LogP contribution in [0.1, 0.15) is 126 Å². The molecule has 0 saturated carbocycles. The van der Waals surface area contributed by atoms with Gasteiger partial charge in [-0.2, -0.15) is 0 Å². The predicted octanol–water partition coefficient (Wildman–Crippen LogP) is 8.20. The van der Waals surface area contributed by atoms with Gasteiger partial charge >= 0.3 is 19.0 Å². The Bertz CT molecular complexity index is 3270. The van der Waals surface area contributed by atoms with E-state index in [0.29, 0.717) is 62.1 Å². The number of ether oxygens (including phenoxy) is 6. The largest absolute Gasteiger partial charge is 0.397 e. The molecule has 8 heterocycles. The molecule has 0 amide bonds. The van der Waals surface area contributed by atoms with Crippen molar-refractivity contribution in [1.82, 2.24) is 19.1 Å². The molecule has 24 atom stereocenters. The van der Waals surface area contributed by atoms with Crippen LogP contribution in [0.4, 0.5) is 0 Å². The summed E-state index contributed by atoms with van der Waals surface area (Å²) in [7, 11) is 17.6. The lowest BCUT2D eigenvalue weighted by atomic mass is 9.96. The Morgan fingerprint density at radius 3 is 1.22 bits per heavy atom. The first-order valence-electron chi connectivity index (χ1n) is 33.3. The minimum absolute atomic E-state index is 0.00705. The number of aliphatic hydroxyl groups is 2. The number of hydrogen-bond donors (Lipinski definition) is 4. The molecule has 572 valence electrons. The lowest BCUT2D eigenvalue weighted by molar-refractivity contribution is -0.0453. The molecule has 0 aromatic carbocycles. The van der Waals surface area contributed by atoms with Crippen LogP contribution in [0.3, 0.4) is 0 Å². The highest BCUT2D eigenvalue weighted by atomic mass is 127. The third-order valence-corrected chi connectivity index (χ3v) is 26.2. The Morgan fingerprint density at radius 2 is 0.822 bits per heavy atom. The zero-order chi connectivity index (χ0) is 75.7. The van der Waals surface area contributed by atoms with E-state index in [2.05, 4.69) is 23.8 Å². The molecule has 29 nitrogen and oxygen atoms in total. The van der Waals surface area contributed by atoms with E-state index in [1.807, 2.05) is 77.2 Å². The number of hydrogen-bond acceptors (Lipinski definition) is 28. The van der Waals surface area contributed by atoms with Crippen LogP contribution in [0.25, 0.3) is 0 Å². The van der Waals surface area contributed by atoms with Gasteiger partial charge in [-0.25, -0.2) is 9.59 Å². The van der Waals surface area contributed by atoms with Crippen LogP contribution in [0.5, 0.6) is 0 Å². The van der Waals surface area contributed by atoms with Gasteiger partial charge in [0.2, 0.25) is 0 Å². The van der Waals surface area contributed by atoms with Gasteiger partial charge in [-0.05, 0) is 160 Å². The Balaban J connectivity index is 0.000000302. The van der Waals surface area contributed by atoms with Crippen molar-refractivity contribution in [1.29, 1.82) is 0 Å². The molecule has 6 aliphatic rings. The number of rotatable bonds is 32. The van der Waals surface area contributed by atoms with E-state index >= 15 is 0 Å². The summed E-state index contributed by atoms with van der Waals surface area (Å²) < 4.78 is 119. The molecule has 2 aromatic heterocycles. The van der Waals surface area contributed by atoms with Gasteiger partial charge in [-0.1, -0.05) is 20.8 Å². The van der Waals surface area contributed by atoms with Gasteiger partial charge in [-0.15, -0.1) is 0 Å². The van der Waals surface area contributed by atoms with Crippen molar-refractivity contribution in [3.63, 3.8) is 0 Å². The summed E-state index contributed by atoms with van der Waals surface area (Å²) in [4.78, 5) is 52.3. The van der Waals surface area contributed by atoms with Gasteiger partial charge in [0, 0.05) is 95.8 Å². The molecule has 0 bridgehead atoms. The monoisotopic (exact) mass is 1820 g/mol. The molecule has 6 fully saturated rings. The van der Waals surface area contributed by atoms with Gasteiger partial charge in [0.25, 0.3) is 11.1 Å². The minimum atomic E-state index is -3.66. The van der Waals surface area contributed by atoms with Gasteiger partial charge < -0.3 is 92.9 Å². The van der Waals surface area contributed by atoms with Crippen LogP contribution < -0.4 is 22.5 Å². The fourth-order valence-corrected chi connectivity index (χ4v) is 20.9. The topological polar surface area (TPSA) is 333 Å². The molecule has 101 heavy (non-hydrogen) atoms. The molecule has 24 unspecified atom stereocenters. The number of aliphatic hydroxyl groups excluding tert-OH is 2. The Hall–Kier alpha value is 1.32. The summed E-state index contributed by atoms with van der Waals surface area (Å²) >= 11 is 19.8. The van der Waals surface area contributed by atoms with Crippen molar-refractivity contribution in [2.75, 3.05) is 92.8 Å². The first-order valence-corrected chi connectivity index (χ1v) is 50.0. The summed E-state index contributed by atoms with van der Waals surface area (Å²) in [5.41, 5.74) is -2.11. The molecular weight excluding hydrogens is 1720 g/mol. The Morgan fingerprint density at radius 1 is 0.495 bits per heavy atom. The second-order valence-electron chi connectivity index (χ2n) is 23.6. The molecule has 2 aromatic rings. The highest BCUT2D eigenvalue weighted by Gasteiger charge is 2.44. The van der Waals surface area contributed by atoms with E-state index in [0.717, 1.165) is 19.3 Å². The van der Waals surface area contributed by atoms with Crippen LogP contribution in [-0.4, -0.2) is 251 Å². The van der Waals surface area contributed by atoms with Crippen LogP contribution in [0, 0.1) is 7.14 Å². The summed E-state index contributed by atoms with van der Waals surface area (Å²) in [5.74, 6) is 0. The SMILES string of the molecule is CCO.[B]C1CC(OP(C)(=S)OCC)C(CC)O1.[B]C1CC(OP(C)(=S)OCC)C(COP(C)(=O)OC2CC(n3cc(I)c(=O)[nH]c3=O)OC2CO)O1.[B]C1CC(OP(C)(=S)OCC)C(COP(C)OC2CC(n3cc(I)c(=O)[nH]c3=O)OC2CC)O1.[B]C1CC(OP(C)OCC)C(CC)O1. The van der Waals surface area contributed by atoms with E-state index in [1.54, 1.807) is 42.8 Å². The number of nitrogens with one attached hydrogen (secondary N) is 2. The maximum atomic E-state index is 13.1. The van der Waals surface area contributed by atoms with E-state index in [-0.39, 0.29) is 90.7 Å². The van der Waals surface area contributed by atoms with Gasteiger partial charge in [0.1, 0.15) is 62.2 Å². The average Bonchev–Trinajstić information content (AvgIpc) is 1.71. The molecule has 6 aliphatic heterocycles. The van der Waals surface area contributed by atoms with Gasteiger partial charge in [0.15, 0.2) is 36.2 Å². The summed E-state index contributed by atoms with van der Waals surface area (Å²) in [6.45, 7) is 20.9. The van der Waals surface area contributed by atoms with E-state index < -0.39 is 122 Å². The van der Waals surface area contributed by atoms with E-state index in [9.17, 15) is 28.8 Å². The fraction of sp³-hybridized carbons (Fsp3) is 0.860. The predicted molar refractivity (Wildman–Crippen MR) is 419 cm³/mol. The summed E-state index contributed by atoms with van der Waals surface area (Å²) in [5, 5.41) is 17.3. The second kappa shape index (κ2) is 46.4. The number of aromatic amines is 2. The van der Waals surface area contributed by atoms with Crippen LogP contribution in [-0.2, 0) is 123 Å². The van der Waals surface area contributed by atoms with Crippen LogP contribution in [0.15, 0.2) is 31.6 Å². The first-order chi connectivity index (χ1) is 47.4. The zero-order valence-corrected chi connectivity index (χ0v) is 71.9. The zero-order valence-electron chi connectivity index (χ0n) is 59.7. The van der Waals surface area contributed by atoms with Crippen LogP contribution >= 0.6 is 89.0 Å². The summed E-state index contributed by atoms with van der Waals surface area (Å²) in [6.07, 6.45) is 3.26. The molecule has 6 saturated heterocycles. The summed E-state index contributed by atoms with van der Waals surface area (Å²) in [6, 6.07) is -1.44. The van der Waals surface area contributed by atoms with Crippen molar-refractivity contribution in [3.8, 4) is 0 Å². The molecular formula is C57H100B4I2N4O25P6S3. The number of halogens is 2. The van der Waals surface area contributed by atoms with E-state index in [4.69, 9.17) is 155 Å². The lowest BCUT2D eigenvalue weighted by Crippen LogP contribution is -2.33. The van der Waals surface area contributed by atoms with Crippen molar-refractivity contribution in [2.45, 2.75) is 223 Å². The first kappa shape index (κ1) is 94.7. The average molecular weight is 1820 g/mol. The van der Waals surface area contributed by atoms with Crippen molar-refractivity contribution in [2.24, 2.45) is 0 Å². The van der Waals surface area contributed by atoms with Crippen molar-refractivity contribution < 1.29 is 97.5 Å². The third kappa shape index (κ3) is 32.5. The third-order valence-electron chi connectivity index (χ3n) is 15.3. The molecule has 4 N–H and O–H groups in total. The molecule has 44 heteroatoms. The minimum Gasteiger partial charge on any atom is -0.397 e. The van der Waals surface area contributed by atoms with Crippen molar-refractivity contribution >= 4 is 156 Å². The molecule has 8 radical (unpaired) electrons. The Labute approximate surface area is 644 Å². The number of nitrogens with zero attached hydrogens (tertiary/aromatic N) is 2.